The number of halogens is 2. The molecule has 2 amide bonds. The Morgan fingerprint density at radius 2 is 1.89 bits per heavy atom. The highest BCUT2D eigenvalue weighted by Crippen LogP contribution is 2.20. The zero-order valence-electron chi connectivity index (χ0n) is 15.0. The van der Waals surface area contributed by atoms with Gasteiger partial charge in [-0.3, -0.25) is 9.59 Å². The minimum Gasteiger partial charge on any atom is -0.355 e. The highest BCUT2D eigenvalue weighted by atomic mass is 35.5. The molecule has 1 N–H and O–H groups in total. The first-order valence-electron chi connectivity index (χ1n) is 9.10. The summed E-state index contributed by atoms with van der Waals surface area (Å²) in [4.78, 5) is 26.8. The second-order valence-electron chi connectivity index (χ2n) is 6.73. The molecule has 1 fully saturated rings. The molecule has 3 rings (SSSR count). The number of nitrogens with one attached hydrogen (secondary N) is 1. The van der Waals surface area contributed by atoms with Crippen LogP contribution in [0.1, 0.15) is 28.8 Å². The number of carbonyl (C=O) groups excluding carboxylic acids is 2. The predicted octanol–water partition coefficient (Wildman–Crippen LogP) is 3.69. The molecule has 4 nitrogen and oxygen atoms in total. The van der Waals surface area contributed by atoms with Gasteiger partial charge in [0.2, 0.25) is 5.91 Å². The van der Waals surface area contributed by atoms with E-state index in [1.54, 1.807) is 47.4 Å². The third kappa shape index (κ3) is 5.07. The van der Waals surface area contributed by atoms with Gasteiger partial charge in [0.05, 0.1) is 5.92 Å². The molecule has 0 aliphatic carbocycles. The molecule has 1 aliphatic rings. The maximum absolute atomic E-state index is 13.6. The molecule has 1 saturated heterocycles. The van der Waals surface area contributed by atoms with Crippen LogP contribution in [0.25, 0.3) is 0 Å². The number of carbonyl (C=O) groups is 2. The van der Waals surface area contributed by atoms with Crippen molar-refractivity contribution < 1.29 is 14.0 Å². The van der Waals surface area contributed by atoms with E-state index in [-0.39, 0.29) is 23.5 Å². The van der Waals surface area contributed by atoms with Gasteiger partial charge in [0.1, 0.15) is 5.82 Å². The Kier molecular flexibility index (Phi) is 6.45. The van der Waals surface area contributed by atoms with E-state index in [0.29, 0.717) is 42.2 Å². The van der Waals surface area contributed by atoms with Crippen molar-refractivity contribution in [1.29, 1.82) is 0 Å². The predicted molar refractivity (Wildman–Crippen MR) is 103 cm³/mol. The molecular weight excluding hydrogens is 367 g/mol. The summed E-state index contributed by atoms with van der Waals surface area (Å²) in [5.74, 6) is -0.671. The highest BCUT2D eigenvalue weighted by Gasteiger charge is 2.28. The van der Waals surface area contributed by atoms with Crippen molar-refractivity contribution in [3.63, 3.8) is 0 Å². The van der Waals surface area contributed by atoms with Crippen LogP contribution < -0.4 is 5.32 Å². The highest BCUT2D eigenvalue weighted by molar-refractivity contribution is 6.30. The van der Waals surface area contributed by atoms with Gasteiger partial charge in [-0.05, 0) is 55.2 Å². The number of benzene rings is 2. The Labute approximate surface area is 163 Å². The van der Waals surface area contributed by atoms with E-state index < -0.39 is 0 Å². The summed E-state index contributed by atoms with van der Waals surface area (Å²) < 4.78 is 13.6. The van der Waals surface area contributed by atoms with Gasteiger partial charge in [-0.2, -0.15) is 0 Å². The van der Waals surface area contributed by atoms with Gasteiger partial charge in [-0.1, -0.05) is 29.8 Å². The zero-order valence-corrected chi connectivity index (χ0v) is 15.7. The van der Waals surface area contributed by atoms with E-state index in [4.69, 9.17) is 11.6 Å². The van der Waals surface area contributed by atoms with Crippen LogP contribution in [0.15, 0.2) is 48.5 Å². The summed E-state index contributed by atoms with van der Waals surface area (Å²) in [6.45, 7) is 1.41. The van der Waals surface area contributed by atoms with Gasteiger partial charge in [-0.15, -0.1) is 0 Å². The van der Waals surface area contributed by atoms with E-state index in [1.807, 2.05) is 0 Å². The summed E-state index contributed by atoms with van der Waals surface area (Å²) in [5, 5.41) is 3.45. The first-order chi connectivity index (χ1) is 13.0. The van der Waals surface area contributed by atoms with E-state index in [0.717, 1.165) is 12.8 Å². The number of amides is 2. The quantitative estimate of drug-likeness (QED) is 0.849. The minimum absolute atomic E-state index is 0.0834. The number of hydrogen-bond donors (Lipinski definition) is 1. The SMILES string of the molecule is O=C(NCCc1ccccc1F)C1CCCN(C(=O)c2ccc(Cl)cc2)C1. The van der Waals surface area contributed by atoms with Crippen molar-refractivity contribution in [3.8, 4) is 0 Å². The Morgan fingerprint density at radius 3 is 2.63 bits per heavy atom. The first-order valence-corrected chi connectivity index (χ1v) is 9.48. The van der Waals surface area contributed by atoms with Gasteiger partial charge in [-0.25, -0.2) is 4.39 Å². The molecule has 6 heteroatoms. The lowest BCUT2D eigenvalue weighted by atomic mass is 9.96. The van der Waals surface area contributed by atoms with Crippen LogP contribution in [-0.2, 0) is 11.2 Å². The molecule has 2 aromatic carbocycles. The Morgan fingerprint density at radius 1 is 1.15 bits per heavy atom. The van der Waals surface area contributed by atoms with E-state index >= 15 is 0 Å². The maximum Gasteiger partial charge on any atom is 0.253 e. The summed E-state index contributed by atoms with van der Waals surface area (Å²) >= 11 is 5.87. The summed E-state index contributed by atoms with van der Waals surface area (Å²) in [5.41, 5.74) is 1.15. The van der Waals surface area contributed by atoms with Crippen LogP contribution >= 0.6 is 11.6 Å². The maximum atomic E-state index is 13.6. The molecule has 0 spiro atoms. The average molecular weight is 389 g/mol. The third-order valence-corrected chi connectivity index (χ3v) is 5.07. The smallest absolute Gasteiger partial charge is 0.253 e. The topological polar surface area (TPSA) is 49.4 Å². The van der Waals surface area contributed by atoms with Crippen molar-refractivity contribution in [1.82, 2.24) is 10.2 Å². The fraction of sp³-hybridized carbons (Fsp3) is 0.333. The van der Waals surface area contributed by atoms with Gasteiger partial charge in [0.15, 0.2) is 0 Å². The number of hydrogen-bond acceptors (Lipinski definition) is 2. The van der Waals surface area contributed by atoms with Crippen molar-refractivity contribution >= 4 is 23.4 Å². The van der Waals surface area contributed by atoms with Crippen LogP contribution in [0.5, 0.6) is 0 Å². The van der Waals surface area contributed by atoms with Crippen LogP contribution in [0.3, 0.4) is 0 Å². The van der Waals surface area contributed by atoms with E-state index in [2.05, 4.69) is 5.32 Å². The summed E-state index contributed by atoms with van der Waals surface area (Å²) in [6, 6.07) is 13.3. The lowest BCUT2D eigenvalue weighted by Crippen LogP contribution is -2.45. The number of piperidine rings is 1. The number of nitrogens with zero attached hydrogens (tertiary/aromatic N) is 1. The lowest BCUT2D eigenvalue weighted by Gasteiger charge is -2.32. The van der Waals surface area contributed by atoms with Crippen molar-refractivity contribution in [3.05, 3.63) is 70.5 Å². The van der Waals surface area contributed by atoms with Crippen molar-refractivity contribution in [2.45, 2.75) is 19.3 Å². The summed E-state index contributed by atoms with van der Waals surface area (Å²) in [7, 11) is 0. The molecule has 0 bridgehead atoms. The van der Waals surface area contributed by atoms with Crippen LogP contribution in [0, 0.1) is 11.7 Å². The minimum atomic E-state index is -0.260. The Bertz CT molecular complexity index is 810. The fourth-order valence-corrected chi connectivity index (χ4v) is 3.44. The van der Waals surface area contributed by atoms with Crippen LogP contribution in [0.4, 0.5) is 4.39 Å². The molecule has 1 unspecified atom stereocenters. The molecule has 0 radical (unpaired) electrons. The second kappa shape index (κ2) is 9.00. The Hall–Kier alpha value is -2.40. The second-order valence-corrected chi connectivity index (χ2v) is 7.17. The molecular formula is C21H22ClFN2O2. The molecule has 1 heterocycles. The van der Waals surface area contributed by atoms with Crippen molar-refractivity contribution in [2.75, 3.05) is 19.6 Å². The average Bonchev–Trinajstić information content (AvgIpc) is 2.69. The largest absolute Gasteiger partial charge is 0.355 e. The standard InChI is InChI=1S/C21H22ClFN2O2/c22-18-9-7-16(8-10-18)21(27)25-13-3-5-17(14-25)20(26)24-12-11-15-4-1-2-6-19(15)23/h1-2,4,6-10,17H,3,5,11-14H2,(H,24,26). The van der Waals surface area contributed by atoms with Gasteiger partial charge in [0, 0.05) is 30.2 Å². The number of likely N-dealkylation sites (tertiary alicyclic amines) is 1. The van der Waals surface area contributed by atoms with Crippen LogP contribution in [-0.4, -0.2) is 36.3 Å². The van der Waals surface area contributed by atoms with E-state index in [9.17, 15) is 14.0 Å². The molecule has 0 aromatic heterocycles. The van der Waals surface area contributed by atoms with Crippen molar-refractivity contribution in [2.24, 2.45) is 5.92 Å². The molecule has 1 aliphatic heterocycles. The van der Waals surface area contributed by atoms with Gasteiger partial charge in [0.25, 0.3) is 5.91 Å². The lowest BCUT2D eigenvalue weighted by molar-refractivity contribution is -0.126. The molecule has 27 heavy (non-hydrogen) atoms. The molecule has 2 aromatic rings. The van der Waals surface area contributed by atoms with E-state index in [1.165, 1.54) is 6.07 Å². The molecule has 0 saturated carbocycles. The number of rotatable bonds is 5. The normalized spacial score (nSPS) is 16.8. The van der Waals surface area contributed by atoms with Crippen LogP contribution in [0.2, 0.25) is 5.02 Å². The molecule has 142 valence electrons. The molecule has 1 atom stereocenters. The summed E-state index contributed by atoms with van der Waals surface area (Å²) in [6.07, 6.45) is 1.97. The zero-order chi connectivity index (χ0) is 19.2. The fourth-order valence-electron chi connectivity index (χ4n) is 3.32. The third-order valence-electron chi connectivity index (χ3n) is 4.82. The first kappa shape index (κ1) is 19.4. The van der Waals surface area contributed by atoms with Gasteiger partial charge < -0.3 is 10.2 Å². The monoisotopic (exact) mass is 388 g/mol. The van der Waals surface area contributed by atoms with Gasteiger partial charge >= 0.3 is 0 Å². The Balaban J connectivity index is 1.52.